The standard InChI is InChI=1S/C27H43N3O5S/c1-8-17(2)21(30-26(33)35-27(3,4)5)15-29-23(25(32)34-6)20(16-36-7)24(31)22-19-12-10-9-11-18(19)13-14-28-22/h9-12,17,20-23,28-29H,8,13-16H2,1-7H3,(H,30,33)/t17-,20-,21+,22?,23-/m0/s1. The molecular formula is C27H43N3O5S. The maximum atomic E-state index is 13.9. The Balaban J connectivity index is 2.26. The first-order chi connectivity index (χ1) is 17.0. The van der Waals surface area contributed by atoms with Gasteiger partial charge in [0.25, 0.3) is 0 Å². The number of amides is 1. The van der Waals surface area contributed by atoms with Crippen LogP contribution in [0.25, 0.3) is 0 Å². The number of esters is 1. The van der Waals surface area contributed by atoms with E-state index in [-0.39, 0.29) is 17.7 Å². The molecule has 8 nitrogen and oxygen atoms in total. The van der Waals surface area contributed by atoms with Crippen LogP contribution < -0.4 is 16.0 Å². The summed E-state index contributed by atoms with van der Waals surface area (Å²) in [5.41, 5.74) is 1.50. The number of alkyl carbamates (subject to hydrolysis) is 1. The number of rotatable bonds is 12. The zero-order valence-electron chi connectivity index (χ0n) is 22.7. The van der Waals surface area contributed by atoms with Gasteiger partial charge >= 0.3 is 12.1 Å². The summed E-state index contributed by atoms with van der Waals surface area (Å²) in [6.07, 6.45) is 3.09. The average molecular weight is 522 g/mol. The quantitative estimate of drug-likeness (QED) is 0.359. The van der Waals surface area contributed by atoms with Gasteiger partial charge in [0, 0.05) is 24.9 Å². The number of hydrogen-bond acceptors (Lipinski definition) is 8. The van der Waals surface area contributed by atoms with Crippen molar-refractivity contribution in [2.45, 2.75) is 71.2 Å². The van der Waals surface area contributed by atoms with Crippen LogP contribution in [-0.2, 0) is 25.5 Å². The number of methoxy groups -OCH3 is 1. The summed E-state index contributed by atoms with van der Waals surface area (Å²) in [5, 5.41) is 9.56. The molecule has 2 rings (SSSR count). The summed E-state index contributed by atoms with van der Waals surface area (Å²) >= 11 is 1.52. The fourth-order valence-corrected chi connectivity index (χ4v) is 5.12. The first-order valence-corrected chi connectivity index (χ1v) is 14.1. The predicted octanol–water partition coefficient (Wildman–Crippen LogP) is 3.49. The second-order valence-electron chi connectivity index (χ2n) is 10.3. The Morgan fingerprint density at radius 3 is 2.53 bits per heavy atom. The first-order valence-electron chi connectivity index (χ1n) is 12.7. The molecule has 1 aliphatic heterocycles. The van der Waals surface area contributed by atoms with Crippen LogP contribution in [0.2, 0.25) is 0 Å². The van der Waals surface area contributed by atoms with E-state index >= 15 is 0 Å². The average Bonchev–Trinajstić information content (AvgIpc) is 2.84. The van der Waals surface area contributed by atoms with Gasteiger partial charge < -0.3 is 25.4 Å². The molecule has 0 bridgehead atoms. The smallest absolute Gasteiger partial charge is 0.407 e. The summed E-state index contributed by atoms with van der Waals surface area (Å²) < 4.78 is 10.6. The molecule has 3 N–H and O–H groups in total. The van der Waals surface area contributed by atoms with E-state index in [1.54, 1.807) is 0 Å². The minimum Gasteiger partial charge on any atom is -0.468 e. The molecule has 1 unspecified atom stereocenters. The molecule has 1 heterocycles. The van der Waals surface area contributed by atoms with Crippen LogP contribution in [0.3, 0.4) is 0 Å². The number of nitrogens with one attached hydrogen (secondary N) is 3. The first kappa shape index (κ1) is 30.1. The van der Waals surface area contributed by atoms with Crippen LogP contribution in [0, 0.1) is 11.8 Å². The van der Waals surface area contributed by atoms with Crippen molar-refractivity contribution in [2.75, 3.05) is 32.2 Å². The zero-order valence-corrected chi connectivity index (χ0v) is 23.5. The minimum absolute atomic E-state index is 0.0420. The van der Waals surface area contributed by atoms with E-state index in [0.717, 1.165) is 24.0 Å². The molecule has 1 aromatic rings. The van der Waals surface area contributed by atoms with Gasteiger partial charge in [0.05, 0.1) is 19.1 Å². The maximum absolute atomic E-state index is 13.9. The molecule has 0 radical (unpaired) electrons. The highest BCUT2D eigenvalue weighted by Gasteiger charge is 2.39. The second kappa shape index (κ2) is 14.0. The molecule has 0 spiro atoms. The van der Waals surface area contributed by atoms with Gasteiger partial charge in [-0.1, -0.05) is 44.5 Å². The van der Waals surface area contributed by atoms with E-state index in [4.69, 9.17) is 9.47 Å². The number of carbonyl (C=O) groups is 3. The Kier molecular flexibility index (Phi) is 11.7. The van der Waals surface area contributed by atoms with E-state index < -0.39 is 35.7 Å². The Morgan fingerprint density at radius 2 is 1.92 bits per heavy atom. The van der Waals surface area contributed by atoms with Gasteiger partial charge in [-0.15, -0.1) is 0 Å². The van der Waals surface area contributed by atoms with Crippen molar-refractivity contribution in [1.82, 2.24) is 16.0 Å². The molecule has 0 saturated carbocycles. The number of Topliss-reactive ketones (excluding diaryl/α,β-unsaturated/α-hetero) is 1. The normalized spacial score (nSPS) is 18.8. The number of hydrogen-bond donors (Lipinski definition) is 3. The van der Waals surface area contributed by atoms with Crippen LogP contribution in [0.15, 0.2) is 24.3 Å². The number of benzene rings is 1. The number of ketones is 1. The van der Waals surface area contributed by atoms with Gasteiger partial charge in [0.15, 0.2) is 5.78 Å². The van der Waals surface area contributed by atoms with Crippen LogP contribution >= 0.6 is 11.8 Å². The third kappa shape index (κ3) is 8.49. The Labute approximate surface area is 220 Å². The summed E-state index contributed by atoms with van der Waals surface area (Å²) in [6, 6.07) is 6.32. The second-order valence-corrected chi connectivity index (χ2v) is 11.3. The van der Waals surface area contributed by atoms with Crippen molar-refractivity contribution in [1.29, 1.82) is 0 Å². The molecule has 0 aliphatic carbocycles. The number of thioether (sulfide) groups is 1. The van der Waals surface area contributed by atoms with E-state index in [1.807, 2.05) is 59.1 Å². The summed E-state index contributed by atoms with van der Waals surface area (Å²) in [5.74, 6) is -0.578. The van der Waals surface area contributed by atoms with Gasteiger partial charge in [0.2, 0.25) is 0 Å². The molecular weight excluding hydrogens is 478 g/mol. The Bertz CT molecular complexity index is 888. The fourth-order valence-electron chi connectivity index (χ4n) is 4.40. The monoisotopic (exact) mass is 521 g/mol. The van der Waals surface area contributed by atoms with Gasteiger partial charge in [-0.2, -0.15) is 11.8 Å². The summed E-state index contributed by atoms with van der Waals surface area (Å²) in [6.45, 7) is 10.5. The van der Waals surface area contributed by atoms with E-state index in [1.165, 1.54) is 18.9 Å². The van der Waals surface area contributed by atoms with Crippen LogP contribution in [0.5, 0.6) is 0 Å². The van der Waals surface area contributed by atoms with Crippen molar-refractivity contribution in [3.63, 3.8) is 0 Å². The van der Waals surface area contributed by atoms with Crippen LogP contribution in [0.1, 0.15) is 58.2 Å². The number of carbonyl (C=O) groups excluding carboxylic acids is 3. The van der Waals surface area contributed by atoms with E-state index in [0.29, 0.717) is 18.8 Å². The highest BCUT2D eigenvalue weighted by molar-refractivity contribution is 7.98. The zero-order chi connectivity index (χ0) is 26.9. The number of fused-ring (bicyclic) bond motifs is 1. The van der Waals surface area contributed by atoms with Gasteiger partial charge in [-0.05, 0) is 50.5 Å². The topological polar surface area (TPSA) is 106 Å². The van der Waals surface area contributed by atoms with E-state index in [2.05, 4.69) is 22.0 Å². The molecule has 0 fully saturated rings. The van der Waals surface area contributed by atoms with Gasteiger partial charge in [0.1, 0.15) is 11.6 Å². The fraction of sp³-hybridized carbons (Fsp3) is 0.667. The lowest BCUT2D eigenvalue weighted by molar-refractivity contribution is -0.147. The highest BCUT2D eigenvalue weighted by atomic mass is 32.2. The van der Waals surface area contributed by atoms with Crippen molar-refractivity contribution in [2.24, 2.45) is 11.8 Å². The SMILES string of the molecule is CC[C@H](C)[C@@H](CN[C@H](C(=O)OC)[C@H](CSC)C(=O)C1NCCc2ccccc21)NC(=O)OC(C)(C)C. The molecule has 1 aliphatic rings. The molecule has 202 valence electrons. The van der Waals surface area contributed by atoms with Crippen LogP contribution in [-0.4, -0.2) is 67.7 Å². The summed E-state index contributed by atoms with van der Waals surface area (Å²) in [4.78, 5) is 39.3. The lowest BCUT2D eigenvalue weighted by atomic mass is 9.84. The van der Waals surface area contributed by atoms with Crippen molar-refractivity contribution in [3.8, 4) is 0 Å². The third-order valence-electron chi connectivity index (χ3n) is 6.55. The third-order valence-corrected chi connectivity index (χ3v) is 7.25. The largest absolute Gasteiger partial charge is 0.468 e. The molecule has 0 aromatic heterocycles. The Hall–Kier alpha value is -2.10. The summed E-state index contributed by atoms with van der Waals surface area (Å²) in [7, 11) is 1.33. The molecule has 1 aromatic carbocycles. The minimum atomic E-state index is -0.849. The van der Waals surface area contributed by atoms with Crippen molar-refractivity contribution >= 4 is 29.6 Å². The number of ether oxygens (including phenoxy) is 2. The molecule has 36 heavy (non-hydrogen) atoms. The van der Waals surface area contributed by atoms with Crippen LogP contribution in [0.4, 0.5) is 4.79 Å². The van der Waals surface area contributed by atoms with Gasteiger partial charge in [-0.3, -0.25) is 9.59 Å². The Morgan fingerprint density at radius 1 is 1.22 bits per heavy atom. The molecule has 0 saturated heterocycles. The lowest BCUT2D eigenvalue weighted by Crippen LogP contribution is -2.55. The molecule has 5 atom stereocenters. The van der Waals surface area contributed by atoms with E-state index in [9.17, 15) is 14.4 Å². The molecule has 9 heteroatoms. The van der Waals surface area contributed by atoms with Gasteiger partial charge in [-0.25, -0.2) is 4.79 Å². The molecule has 1 amide bonds. The highest BCUT2D eigenvalue weighted by Crippen LogP contribution is 2.28. The lowest BCUT2D eigenvalue weighted by Gasteiger charge is -2.33. The van der Waals surface area contributed by atoms with Crippen molar-refractivity contribution < 1.29 is 23.9 Å². The maximum Gasteiger partial charge on any atom is 0.407 e. The predicted molar refractivity (Wildman–Crippen MR) is 144 cm³/mol. The van der Waals surface area contributed by atoms with Crippen molar-refractivity contribution in [3.05, 3.63) is 35.4 Å².